The van der Waals surface area contributed by atoms with Gasteiger partial charge in [0, 0.05) is 36.5 Å². The molecule has 1 heterocycles. The molecular formula is C20H26N2O4S. The van der Waals surface area contributed by atoms with Gasteiger partial charge in [-0.05, 0) is 36.0 Å². The van der Waals surface area contributed by atoms with Gasteiger partial charge in [0.1, 0.15) is 0 Å². The largest absolute Gasteiger partial charge is 0.396 e. The Balaban J connectivity index is 1.95. The highest BCUT2D eigenvalue weighted by molar-refractivity contribution is 7.89. The third-order valence-electron chi connectivity index (χ3n) is 4.89. The number of rotatable bonds is 6. The van der Waals surface area contributed by atoms with Crippen molar-refractivity contribution in [2.75, 3.05) is 25.1 Å². The van der Waals surface area contributed by atoms with Crippen molar-refractivity contribution in [3.63, 3.8) is 0 Å². The number of anilines is 1. The van der Waals surface area contributed by atoms with Gasteiger partial charge in [-0.1, -0.05) is 32.9 Å². The molecule has 7 heteroatoms. The molecule has 2 aromatic carbocycles. The Morgan fingerprint density at radius 2 is 1.89 bits per heavy atom. The molecule has 1 amide bonds. The molecule has 2 aromatic rings. The number of nitrogens with one attached hydrogen (secondary N) is 1. The van der Waals surface area contributed by atoms with E-state index in [9.17, 15) is 18.3 Å². The van der Waals surface area contributed by atoms with Crippen LogP contribution >= 0.6 is 0 Å². The highest BCUT2D eigenvalue weighted by Crippen LogP contribution is 2.39. The van der Waals surface area contributed by atoms with Crippen molar-refractivity contribution in [3.8, 4) is 0 Å². The lowest BCUT2D eigenvalue weighted by Crippen LogP contribution is -2.33. The molecule has 0 aliphatic carbocycles. The summed E-state index contributed by atoms with van der Waals surface area (Å²) in [5, 5.41) is 10.8. The number of carbonyl (C=O) groups excluding carboxylic acids is 1. The average molecular weight is 391 g/mol. The molecule has 146 valence electrons. The minimum atomic E-state index is -3.78. The fraction of sp³-hybridized carbons (Fsp3) is 0.450. The lowest BCUT2D eigenvalue weighted by atomic mass is 9.85. The zero-order valence-electron chi connectivity index (χ0n) is 16.1. The van der Waals surface area contributed by atoms with E-state index >= 15 is 0 Å². The Bertz CT molecular complexity index is 993. The minimum Gasteiger partial charge on any atom is -0.396 e. The number of hydrogen-bond donors (Lipinski definition) is 2. The minimum absolute atomic E-state index is 0.00815. The molecule has 0 aromatic heterocycles. The van der Waals surface area contributed by atoms with Gasteiger partial charge in [0.15, 0.2) is 0 Å². The van der Waals surface area contributed by atoms with E-state index in [2.05, 4.69) is 25.5 Å². The SMILES string of the molecule is CN1C(=O)c2cccc3c(S(=O)(=O)NCC(CO)CC(C)(C)C)ccc1c23. The van der Waals surface area contributed by atoms with E-state index in [1.54, 1.807) is 31.3 Å². The number of sulfonamides is 1. The lowest BCUT2D eigenvalue weighted by Gasteiger charge is -2.24. The van der Waals surface area contributed by atoms with E-state index < -0.39 is 10.0 Å². The van der Waals surface area contributed by atoms with E-state index in [1.165, 1.54) is 11.0 Å². The van der Waals surface area contributed by atoms with Crippen LogP contribution in [0.3, 0.4) is 0 Å². The molecule has 0 saturated carbocycles. The third-order valence-corrected chi connectivity index (χ3v) is 6.37. The van der Waals surface area contributed by atoms with Crippen LogP contribution in [0.1, 0.15) is 37.6 Å². The molecule has 3 rings (SSSR count). The van der Waals surface area contributed by atoms with Gasteiger partial charge in [0.05, 0.1) is 10.6 Å². The number of benzene rings is 2. The van der Waals surface area contributed by atoms with Crippen molar-refractivity contribution in [1.29, 1.82) is 0 Å². The first-order valence-corrected chi connectivity index (χ1v) is 10.5. The summed E-state index contributed by atoms with van der Waals surface area (Å²) in [7, 11) is -2.10. The van der Waals surface area contributed by atoms with Crippen molar-refractivity contribution < 1.29 is 18.3 Å². The van der Waals surface area contributed by atoms with Crippen LogP contribution in [0.2, 0.25) is 0 Å². The highest BCUT2D eigenvalue weighted by atomic mass is 32.2. The molecular weight excluding hydrogens is 364 g/mol. The molecule has 0 fully saturated rings. The molecule has 0 spiro atoms. The molecule has 1 aliphatic heterocycles. The van der Waals surface area contributed by atoms with Crippen molar-refractivity contribution in [2.45, 2.75) is 32.1 Å². The Labute approximate surface area is 160 Å². The Kier molecular flexibility index (Phi) is 5.05. The quantitative estimate of drug-likeness (QED) is 0.794. The number of hydrogen-bond acceptors (Lipinski definition) is 4. The molecule has 1 unspecified atom stereocenters. The molecule has 0 bridgehead atoms. The van der Waals surface area contributed by atoms with Crippen LogP contribution in [-0.2, 0) is 10.0 Å². The molecule has 0 radical (unpaired) electrons. The van der Waals surface area contributed by atoms with Crippen molar-refractivity contribution in [3.05, 3.63) is 35.9 Å². The van der Waals surface area contributed by atoms with E-state index in [0.29, 0.717) is 28.4 Å². The Hall–Kier alpha value is -1.96. The highest BCUT2D eigenvalue weighted by Gasteiger charge is 2.30. The first-order valence-electron chi connectivity index (χ1n) is 8.99. The van der Waals surface area contributed by atoms with E-state index in [0.717, 1.165) is 0 Å². The van der Waals surface area contributed by atoms with Gasteiger partial charge in [0.2, 0.25) is 10.0 Å². The molecule has 1 atom stereocenters. The van der Waals surface area contributed by atoms with Crippen LogP contribution in [0, 0.1) is 11.3 Å². The van der Waals surface area contributed by atoms with Gasteiger partial charge >= 0.3 is 0 Å². The summed E-state index contributed by atoms with van der Waals surface area (Å²) in [6.45, 7) is 6.25. The summed E-state index contributed by atoms with van der Waals surface area (Å²) in [5.74, 6) is -0.298. The number of nitrogens with zero attached hydrogens (tertiary/aromatic N) is 1. The fourth-order valence-electron chi connectivity index (χ4n) is 3.72. The van der Waals surface area contributed by atoms with Crippen LogP contribution in [-0.4, -0.2) is 39.6 Å². The summed E-state index contributed by atoms with van der Waals surface area (Å²) in [4.78, 5) is 14.0. The van der Waals surface area contributed by atoms with E-state index in [-0.39, 0.29) is 35.3 Å². The second kappa shape index (κ2) is 6.89. The molecule has 1 aliphatic rings. The summed E-state index contributed by atoms with van der Waals surface area (Å²) >= 11 is 0. The monoisotopic (exact) mass is 390 g/mol. The van der Waals surface area contributed by atoms with Gasteiger partial charge in [-0.2, -0.15) is 0 Å². The smallest absolute Gasteiger partial charge is 0.258 e. The maximum absolute atomic E-state index is 12.9. The normalized spacial score (nSPS) is 15.6. The fourth-order valence-corrected chi connectivity index (χ4v) is 5.03. The van der Waals surface area contributed by atoms with Gasteiger partial charge in [-0.15, -0.1) is 0 Å². The van der Waals surface area contributed by atoms with E-state index in [1.807, 2.05) is 0 Å². The van der Waals surface area contributed by atoms with Crippen LogP contribution < -0.4 is 9.62 Å². The van der Waals surface area contributed by atoms with Crippen LogP contribution in [0.15, 0.2) is 35.2 Å². The van der Waals surface area contributed by atoms with Crippen molar-refractivity contribution in [2.24, 2.45) is 11.3 Å². The average Bonchev–Trinajstić information content (AvgIpc) is 2.85. The van der Waals surface area contributed by atoms with Crippen LogP contribution in [0.4, 0.5) is 5.69 Å². The van der Waals surface area contributed by atoms with Gasteiger partial charge in [-0.25, -0.2) is 13.1 Å². The predicted octanol–water partition coefficient (Wildman–Crippen LogP) is 2.75. The second-order valence-electron chi connectivity index (χ2n) is 8.34. The topological polar surface area (TPSA) is 86.7 Å². The van der Waals surface area contributed by atoms with Gasteiger partial charge in [0.25, 0.3) is 5.91 Å². The van der Waals surface area contributed by atoms with Crippen LogP contribution in [0.25, 0.3) is 10.8 Å². The first kappa shape index (κ1) is 19.8. The standard InChI is InChI=1S/C20H26N2O4S/c1-20(2,3)10-13(12-23)11-21-27(25,26)17-9-8-16-18-14(17)6-5-7-15(18)19(24)22(16)4/h5-9,13,21,23H,10-12H2,1-4H3. The summed E-state index contributed by atoms with van der Waals surface area (Å²) < 4.78 is 28.5. The van der Waals surface area contributed by atoms with E-state index in [4.69, 9.17) is 0 Å². The van der Waals surface area contributed by atoms with Gasteiger partial charge < -0.3 is 10.0 Å². The van der Waals surface area contributed by atoms with Crippen molar-refractivity contribution >= 4 is 32.4 Å². The second-order valence-corrected chi connectivity index (χ2v) is 10.1. The van der Waals surface area contributed by atoms with Crippen LogP contribution in [0.5, 0.6) is 0 Å². The van der Waals surface area contributed by atoms with Crippen molar-refractivity contribution in [1.82, 2.24) is 4.72 Å². The molecule has 0 saturated heterocycles. The zero-order chi connectivity index (χ0) is 20.0. The summed E-state index contributed by atoms with van der Waals surface area (Å²) in [5.41, 5.74) is 1.22. The molecule has 2 N–H and O–H groups in total. The molecule has 27 heavy (non-hydrogen) atoms. The summed E-state index contributed by atoms with van der Waals surface area (Å²) in [6, 6.07) is 8.35. The Morgan fingerprint density at radius 1 is 1.19 bits per heavy atom. The number of aliphatic hydroxyl groups excluding tert-OH is 1. The number of aliphatic hydroxyl groups is 1. The predicted molar refractivity (Wildman–Crippen MR) is 107 cm³/mol. The Morgan fingerprint density at radius 3 is 2.52 bits per heavy atom. The third kappa shape index (κ3) is 3.72. The number of carbonyl (C=O) groups is 1. The first-order chi connectivity index (χ1) is 12.5. The maximum atomic E-state index is 12.9. The van der Waals surface area contributed by atoms with Gasteiger partial charge in [-0.3, -0.25) is 4.79 Å². The molecule has 6 nitrogen and oxygen atoms in total. The maximum Gasteiger partial charge on any atom is 0.258 e. The summed E-state index contributed by atoms with van der Waals surface area (Å²) in [6.07, 6.45) is 0.704. The zero-order valence-corrected chi connectivity index (χ0v) is 16.9. The number of amides is 1. The lowest BCUT2D eigenvalue weighted by molar-refractivity contribution is 0.0999.